The number of likely N-dealkylation sites (tertiary alicyclic amines) is 1. The van der Waals surface area contributed by atoms with Gasteiger partial charge in [0, 0.05) is 26.2 Å². The van der Waals surface area contributed by atoms with Crippen LogP contribution in [0, 0.1) is 6.04 Å². The maximum Gasteiger partial charge on any atom is 0.223 e. The highest BCUT2D eigenvalue weighted by Crippen LogP contribution is 2.23. The van der Waals surface area contributed by atoms with Gasteiger partial charge in [-0.3, -0.25) is 4.79 Å². The summed E-state index contributed by atoms with van der Waals surface area (Å²) in [5, 5.41) is 17.5. The molecule has 13 heavy (non-hydrogen) atoms. The molecule has 75 valence electrons. The molecule has 2 N–H and O–H groups in total. The molecule has 1 rings (SSSR count). The lowest BCUT2D eigenvalue weighted by molar-refractivity contribution is -0.127. The molecular formula is C9H16NO3. The molecule has 1 amide bonds. The standard InChI is InChI=1S/C9H16NO3/c11-6-3-8(4-7-12)10-5-1-2-9(10)13/h11-12H,1-7H2. The molecule has 0 spiro atoms. The quantitative estimate of drug-likeness (QED) is 0.630. The maximum atomic E-state index is 11.3. The molecule has 1 radical (unpaired) electrons. The molecule has 1 aliphatic heterocycles. The van der Waals surface area contributed by atoms with Crippen molar-refractivity contribution >= 4 is 5.91 Å². The van der Waals surface area contributed by atoms with E-state index in [4.69, 9.17) is 10.2 Å². The topological polar surface area (TPSA) is 60.8 Å². The number of aliphatic hydroxyl groups excluding tert-OH is 2. The number of nitrogens with zero attached hydrogens (tertiary/aromatic N) is 1. The SMILES string of the molecule is O=C1CCCN1[C](CCO)CCO. The van der Waals surface area contributed by atoms with Crippen LogP contribution in [0.4, 0.5) is 0 Å². The highest BCUT2D eigenvalue weighted by Gasteiger charge is 2.27. The first-order valence-electron chi connectivity index (χ1n) is 4.66. The number of rotatable bonds is 5. The van der Waals surface area contributed by atoms with Crippen LogP contribution in [0.25, 0.3) is 0 Å². The summed E-state index contributed by atoms with van der Waals surface area (Å²) in [5.41, 5.74) is 0. The summed E-state index contributed by atoms with van der Waals surface area (Å²) >= 11 is 0. The molecule has 1 aliphatic rings. The van der Waals surface area contributed by atoms with Crippen LogP contribution >= 0.6 is 0 Å². The molecule has 0 unspecified atom stereocenters. The van der Waals surface area contributed by atoms with Gasteiger partial charge in [-0.2, -0.15) is 0 Å². The lowest BCUT2D eigenvalue weighted by Gasteiger charge is -2.25. The zero-order chi connectivity index (χ0) is 9.68. The van der Waals surface area contributed by atoms with E-state index >= 15 is 0 Å². The Labute approximate surface area is 78.2 Å². The van der Waals surface area contributed by atoms with Crippen LogP contribution in [0.2, 0.25) is 0 Å². The minimum atomic E-state index is 0.0408. The molecule has 1 fully saturated rings. The van der Waals surface area contributed by atoms with Crippen LogP contribution in [0.3, 0.4) is 0 Å². The summed E-state index contributed by atoms with van der Waals surface area (Å²) in [6.45, 7) is 0.826. The van der Waals surface area contributed by atoms with E-state index in [0.29, 0.717) is 19.3 Å². The fourth-order valence-corrected chi connectivity index (χ4v) is 1.64. The van der Waals surface area contributed by atoms with Gasteiger partial charge in [0.25, 0.3) is 0 Å². The Morgan fingerprint density at radius 1 is 1.31 bits per heavy atom. The average Bonchev–Trinajstić information content (AvgIpc) is 2.51. The number of hydrogen-bond donors (Lipinski definition) is 2. The molecule has 0 atom stereocenters. The van der Waals surface area contributed by atoms with Crippen molar-refractivity contribution in [3.8, 4) is 0 Å². The van der Waals surface area contributed by atoms with Crippen LogP contribution in [0.1, 0.15) is 25.7 Å². The van der Waals surface area contributed by atoms with E-state index in [2.05, 4.69) is 0 Å². The van der Waals surface area contributed by atoms with Gasteiger partial charge in [-0.1, -0.05) is 0 Å². The first kappa shape index (κ1) is 10.5. The van der Waals surface area contributed by atoms with Crippen molar-refractivity contribution in [3.05, 3.63) is 6.04 Å². The Hall–Kier alpha value is -0.610. The molecule has 0 aliphatic carbocycles. The minimum Gasteiger partial charge on any atom is -0.396 e. The number of amides is 1. The van der Waals surface area contributed by atoms with Crippen molar-refractivity contribution in [1.29, 1.82) is 0 Å². The van der Waals surface area contributed by atoms with E-state index in [-0.39, 0.29) is 19.1 Å². The lowest BCUT2D eigenvalue weighted by atomic mass is 10.1. The smallest absolute Gasteiger partial charge is 0.223 e. The summed E-state index contributed by atoms with van der Waals surface area (Å²) in [6.07, 6.45) is 2.47. The Morgan fingerprint density at radius 3 is 2.31 bits per heavy atom. The van der Waals surface area contributed by atoms with E-state index in [9.17, 15) is 4.79 Å². The number of carbonyl (C=O) groups is 1. The van der Waals surface area contributed by atoms with Crippen LogP contribution in [0.15, 0.2) is 0 Å². The lowest BCUT2D eigenvalue weighted by Crippen LogP contribution is -2.31. The van der Waals surface area contributed by atoms with Crippen LogP contribution in [-0.4, -0.2) is 40.8 Å². The van der Waals surface area contributed by atoms with Crippen molar-refractivity contribution in [2.24, 2.45) is 0 Å². The average molecular weight is 186 g/mol. The van der Waals surface area contributed by atoms with Crippen molar-refractivity contribution in [3.63, 3.8) is 0 Å². The van der Waals surface area contributed by atoms with E-state index < -0.39 is 0 Å². The largest absolute Gasteiger partial charge is 0.396 e. The van der Waals surface area contributed by atoms with Gasteiger partial charge in [0.1, 0.15) is 0 Å². The van der Waals surface area contributed by atoms with Crippen molar-refractivity contribution in [1.82, 2.24) is 4.90 Å². The molecule has 0 saturated carbocycles. The van der Waals surface area contributed by atoms with Crippen molar-refractivity contribution < 1.29 is 15.0 Å². The summed E-state index contributed by atoms with van der Waals surface area (Å²) < 4.78 is 0. The third-order valence-corrected chi connectivity index (χ3v) is 2.26. The predicted molar refractivity (Wildman–Crippen MR) is 47.6 cm³/mol. The maximum absolute atomic E-state index is 11.3. The third kappa shape index (κ3) is 2.67. The monoisotopic (exact) mass is 186 g/mol. The second-order valence-electron chi connectivity index (χ2n) is 3.16. The first-order valence-corrected chi connectivity index (χ1v) is 4.66. The molecule has 0 aromatic heterocycles. The molecule has 0 bridgehead atoms. The van der Waals surface area contributed by atoms with Crippen molar-refractivity contribution in [2.45, 2.75) is 25.7 Å². The normalized spacial score (nSPS) is 17.5. The predicted octanol–water partition coefficient (Wildman–Crippen LogP) is -0.0944. The summed E-state index contributed by atoms with van der Waals surface area (Å²) in [4.78, 5) is 13.0. The van der Waals surface area contributed by atoms with Gasteiger partial charge in [-0.05, 0) is 19.3 Å². The molecular weight excluding hydrogens is 170 g/mol. The van der Waals surface area contributed by atoms with E-state index in [0.717, 1.165) is 19.0 Å². The van der Waals surface area contributed by atoms with Crippen LogP contribution in [-0.2, 0) is 4.79 Å². The van der Waals surface area contributed by atoms with Gasteiger partial charge in [-0.15, -0.1) is 0 Å². The summed E-state index contributed by atoms with van der Waals surface area (Å²) in [6, 6.07) is 0.868. The zero-order valence-corrected chi connectivity index (χ0v) is 7.70. The van der Waals surface area contributed by atoms with Crippen LogP contribution in [0.5, 0.6) is 0 Å². The van der Waals surface area contributed by atoms with E-state index in [1.807, 2.05) is 0 Å². The molecule has 1 heterocycles. The number of aliphatic hydroxyl groups is 2. The van der Waals surface area contributed by atoms with E-state index in [1.54, 1.807) is 4.90 Å². The highest BCUT2D eigenvalue weighted by molar-refractivity contribution is 5.79. The second kappa shape index (κ2) is 5.19. The Balaban J connectivity index is 2.47. The second-order valence-corrected chi connectivity index (χ2v) is 3.16. The van der Waals surface area contributed by atoms with Gasteiger partial charge in [-0.25, -0.2) is 0 Å². The highest BCUT2D eigenvalue weighted by atomic mass is 16.3. The molecule has 0 aromatic rings. The zero-order valence-electron chi connectivity index (χ0n) is 7.70. The molecule has 4 heteroatoms. The third-order valence-electron chi connectivity index (χ3n) is 2.26. The van der Waals surface area contributed by atoms with Crippen molar-refractivity contribution in [2.75, 3.05) is 19.8 Å². The van der Waals surface area contributed by atoms with Crippen LogP contribution < -0.4 is 0 Å². The Morgan fingerprint density at radius 2 is 1.92 bits per heavy atom. The minimum absolute atomic E-state index is 0.0408. The van der Waals surface area contributed by atoms with Gasteiger partial charge < -0.3 is 15.1 Å². The fraction of sp³-hybridized carbons (Fsp3) is 0.778. The molecule has 4 nitrogen and oxygen atoms in total. The summed E-state index contributed by atoms with van der Waals surface area (Å²) in [5.74, 6) is 0.122. The van der Waals surface area contributed by atoms with Gasteiger partial charge in [0.05, 0.1) is 6.04 Å². The Bertz CT molecular complexity index is 166. The number of hydrogen-bond acceptors (Lipinski definition) is 3. The number of carbonyl (C=O) groups excluding carboxylic acids is 1. The van der Waals surface area contributed by atoms with Gasteiger partial charge in [0.2, 0.25) is 5.91 Å². The van der Waals surface area contributed by atoms with Gasteiger partial charge >= 0.3 is 0 Å². The first-order chi connectivity index (χ1) is 6.29. The molecule has 0 aromatic carbocycles. The molecule has 1 saturated heterocycles. The summed E-state index contributed by atoms with van der Waals surface area (Å²) in [7, 11) is 0. The van der Waals surface area contributed by atoms with E-state index in [1.165, 1.54) is 0 Å². The fourth-order valence-electron chi connectivity index (χ4n) is 1.64. The van der Waals surface area contributed by atoms with Gasteiger partial charge in [0.15, 0.2) is 0 Å². The Kier molecular flexibility index (Phi) is 4.18.